The molecule has 0 saturated carbocycles. The summed E-state index contributed by atoms with van der Waals surface area (Å²) in [6, 6.07) is 0. The first-order chi connectivity index (χ1) is 8.45. The number of nitrogens with one attached hydrogen (secondary N) is 1. The summed E-state index contributed by atoms with van der Waals surface area (Å²) < 4.78 is 4.60. The van der Waals surface area contributed by atoms with Crippen LogP contribution in [0, 0.1) is 0 Å². The van der Waals surface area contributed by atoms with Crippen LogP contribution in [-0.2, 0) is 0 Å². The van der Waals surface area contributed by atoms with Crippen LogP contribution in [0.5, 0.6) is 0 Å². The van der Waals surface area contributed by atoms with Crippen molar-refractivity contribution in [1.29, 1.82) is 0 Å². The average molecular weight is 270 g/mol. The van der Waals surface area contributed by atoms with Crippen molar-refractivity contribution >= 4 is 34.8 Å². The van der Waals surface area contributed by atoms with Crippen molar-refractivity contribution in [2.45, 2.75) is 6.42 Å². The van der Waals surface area contributed by atoms with E-state index in [1.54, 1.807) is 11.5 Å². The van der Waals surface area contributed by atoms with Gasteiger partial charge in [0, 0.05) is 37.3 Å². The topological polar surface area (TPSA) is 31.4 Å². The maximum absolute atomic E-state index is 4.60. The Balaban J connectivity index is 1.79. The molecule has 1 aromatic rings. The number of thioether (sulfide) groups is 1. The number of hydrogen-bond donors (Lipinski definition) is 1. The van der Waals surface area contributed by atoms with E-state index >= 15 is 0 Å². The molecule has 4 nitrogen and oxygen atoms in total. The van der Waals surface area contributed by atoms with E-state index in [0.29, 0.717) is 0 Å². The third-order valence-corrected chi connectivity index (χ3v) is 4.84. The lowest BCUT2D eigenvalue weighted by Crippen LogP contribution is -2.29. The lowest BCUT2D eigenvalue weighted by molar-refractivity contribution is 0.724. The maximum Gasteiger partial charge on any atom is 0.166 e. The van der Waals surface area contributed by atoms with Crippen molar-refractivity contribution in [2.24, 2.45) is 0 Å². The second kappa shape index (κ2) is 5.46. The second-order valence-corrected chi connectivity index (χ2v) is 6.12. The molecular formula is C11H18N4S2. The van der Waals surface area contributed by atoms with Crippen LogP contribution < -0.4 is 15.1 Å². The molecule has 0 radical (unpaired) electrons. The first kappa shape index (κ1) is 11.6. The predicted molar refractivity (Wildman–Crippen MR) is 76.5 cm³/mol. The number of aromatic nitrogens is 1. The monoisotopic (exact) mass is 270 g/mol. The van der Waals surface area contributed by atoms with Crippen molar-refractivity contribution in [3.05, 3.63) is 5.38 Å². The molecule has 3 rings (SSSR count). The van der Waals surface area contributed by atoms with Gasteiger partial charge >= 0.3 is 0 Å². The third kappa shape index (κ3) is 2.53. The number of hydrogen-bond acceptors (Lipinski definition) is 6. The highest BCUT2D eigenvalue weighted by atomic mass is 32.2. The smallest absolute Gasteiger partial charge is 0.166 e. The minimum Gasteiger partial charge on any atom is -0.366 e. The van der Waals surface area contributed by atoms with Crippen LogP contribution in [0.25, 0.3) is 0 Å². The summed E-state index contributed by atoms with van der Waals surface area (Å²) in [5, 5.41) is 5.66. The van der Waals surface area contributed by atoms with Crippen LogP contribution in [0.3, 0.4) is 0 Å². The summed E-state index contributed by atoms with van der Waals surface area (Å²) in [7, 11) is 0. The van der Waals surface area contributed by atoms with Gasteiger partial charge in [0.2, 0.25) is 0 Å². The maximum atomic E-state index is 4.60. The van der Waals surface area contributed by atoms with E-state index < -0.39 is 0 Å². The highest BCUT2D eigenvalue weighted by Crippen LogP contribution is 2.33. The molecule has 0 unspecified atom stereocenters. The first-order valence-corrected chi connectivity index (χ1v) is 8.17. The molecule has 17 heavy (non-hydrogen) atoms. The summed E-state index contributed by atoms with van der Waals surface area (Å²) in [5.74, 6) is 3.54. The minimum absolute atomic E-state index is 1.09. The summed E-state index contributed by atoms with van der Waals surface area (Å²) in [6.07, 6.45) is 1.23. The van der Waals surface area contributed by atoms with Crippen molar-refractivity contribution in [3.8, 4) is 0 Å². The van der Waals surface area contributed by atoms with E-state index in [9.17, 15) is 0 Å². The van der Waals surface area contributed by atoms with E-state index in [1.165, 1.54) is 23.7 Å². The lowest BCUT2D eigenvalue weighted by Gasteiger charge is -2.25. The van der Waals surface area contributed by atoms with Crippen LogP contribution in [0.1, 0.15) is 6.42 Å². The summed E-state index contributed by atoms with van der Waals surface area (Å²) in [4.78, 5) is 4.90. The molecule has 0 amide bonds. The van der Waals surface area contributed by atoms with Gasteiger partial charge in [0.15, 0.2) is 5.82 Å². The zero-order valence-corrected chi connectivity index (χ0v) is 11.5. The molecule has 1 aromatic heterocycles. The Morgan fingerprint density at radius 1 is 1.18 bits per heavy atom. The van der Waals surface area contributed by atoms with Crippen LogP contribution >= 0.6 is 23.3 Å². The van der Waals surface area contributed by atoms with Gasteiger partial charge in [0.05, 0.1) is 11.6 Å². The second-order valence-electron chi connectivity index (χ2n) is 4.41. The van der Waals surface area contributed by atoms with E-state index in [2.05, 4.69) is 24.9 Å². The van der Waals surface area contributed by atoms with E-state index in [-0.39, 0.29) is 0 Å². The molecule has 2 aliphatic rings. The van der Waals surface area contributed by atoms with E-state index in [1.807, 2.05) is 11.8 Å². The van der Waals surface area contributed by atoms with Crippen molar-refractivity contribution in [1.82, 2.24) is 9.69 Å². The molecule has 0 aromatic carbocycles. The van der Waals surface area contributed by atoms with Crippen LogP contribution in [0.15, 0.2) is 5.38 Å². The minimum atomic E-state index is 1.09. The number of rotatable bonds is 2. The lowest BCUT2D eigenvalue weighted by atomic mass is 10.3. The number of anilines is 2. The molecule has 94 valence electrons. The largest absolute Gasteiger partial charge is 0.366 e. The fourth-order valence-corrected chi connectivity index (χ4v) is 4.00. The molecule has 0 spiro atoms. The van der Waals surface area contributed by atoms with Gasteiger partial charge in [-0.2, -0.15) is 4.37 Å². The van der Waals surface area contributed by atoms with Crippen molar-refractivity contribution < 1.29 is 0 Å². The van der Waals surface area contributed by atoms with Crippen molar-refractivity contribution in [3.63, 3.8) is 0 Å². The van der Waals surface area contributed by atoms with E-state index in [4.69, 9.17) is 0 Å². The van der Waals surface area contributed by atoms with Crippen LogP contribution in [0.4, 0.5) is 11.5 Å². The quantitative estimate of drug-likeness (QED) is 0.879. The van der Waals surface area contributed by atoms with Crippen molar-refractivity contribution in [2.75, 3.05) is 54.2 Å². The Morgan fingerprint density at radius 3 is 3.06 bits per heavy atom. The Bertz CT molecular complexity index is 354. The summed E-state index contributed by atoms with van der Waals surface area (Å²) >= 11 is 3.59. The third-order valence-electron chi connectivity index (χ3n) is 3.27. The van der Waals surface area contributed by atoms with Crippen LogP contribution in [-0.4, -0.2) is 48.7 Å². The average Bonchev–Trinajstić information content (AvgIpc) is 2.95. The van der Waals surface area contributed by atoms with Gasteiger partial charge in [-0.05, 0) is 24.5 Å². The Morgan fingerprint density at radius 2 is 2.18 bits per heavy atom. The SMILES string of the molecule is c1snc(N2CCSC2)c1N1CCCNCC1. The van der Waals surface area contributed by atoms with Gasteiger partial charge < -0.3 is 15.1 Å². The zero-order chi connectivity index (χ0) is 11.5. The molecule has 1 N–H and O–H groups in total. The predicted octanol–water partition coefficient (Wildman–Crippen LogP) is 1.45. The Labute approximate surface area is 111 Å². The molecule has 0 atom stereocenters. The molecule has 2 saturated heterocycles. The highest BCUT2D eigenvalue weighted by Gasteiger charge is 2.22. The molecule has 2 fully saturated rings. The van der Waals surface area contributed by atoms with Gasteiger partial charge in [0.1, 0.15) is 0 Å². The van der Waals surface area contributed by atoms with Gasteiger partial charge in [-0.3, -0.25) is 0 Å². The van der Waals surface area contributed by atoms with E-state index in [0.717, 1.165) is 38.6 Å². The summed E-state index contributed by atoms with van der Waals surface area (Å²) in [6.45, 7) is 5.63. The highest BCUT2D eigenvalue weighted by molar-refractivity contribution is 7.99. The Kier molecular flexibility index (Phi) is 3.73. The first-order valence-electron chi connectivity index (χ1n) is 6.18. The zero-order valence-electron chi connectivity index (χ0n) is 9.89. The summed E-state index contributed by atoms with van der Waals surface area (Å²) in [5.41, 5.74) is 1.35. The molecule has 0 aliphatic carbocycles. The normalized spacial score (nSPS) is 21.9. The molecule has 3 heterocycles. The van der Waals surface area contributed by atoms with Gasteiger partial charge in [0.25, 0.3) is 0 Å². The molecule has 2 aliphatic heterocycles. The Hall–Kier alpha value is -0.460. The van der Waals surface area contributed by atoms with Gasteiger partial charge in [-0.1, -0.05) is 0 Å². The fourth-order valence-electron chi connectivity index (χ4n) is 2.33. The molecular weight excluding hydrogens is 252 g/mol. The molecule has 6 heteroatoms. The molecule has 0 bridgehead atoms. The number of nitrogens with zero attached hydrogens (tertiary/aromatic N) is 3. The van der Waals surface area contributed by atoms with Gasteiger partial charge in [-0.25, -0.2) is 0 Å². The van der Waals surface area contributed by atoms with Crippen LogP contribution in [0.2, 0.25) is 0 Å². The van der Waals surface area contributed by atoms with Gasteiger partial charge in [-0.15, -0.1) is 11.8 Å². The standard InChI is InChI=1S/C11H18N4S2/c1-2-12-3-5-14(4-1)10-8-17-13-11(10)15-6-7-16-9-15/h8,12H,1-7,9H2. The fraction of sp³-hybridized carbons (Fsp3) is 0.727.